The number of amides is 1. The smallest absolute Gasteiger partial charge is 0.368 e. The zero-order valence-electron chi connectivity index (χ0n) is 14.7. The molecule has 3 heterocycles. The third-order valence-corrected chi connectivity index (χ3v) is 4.74. The first-order valence-electron chi connectivity index (χ1n) is 8.64. The number of benzene rings is 1. The number of halogens is 3. The van der Waals surface area contributed by atoms with Crippen LogP contribution in [-0.4, -0.2) is 47.0 Å². The highest BCUT2D eigenvalue weighted by Crippen LogP contribution is 2.30. The molecule has 1 saturated heterocycles. The van der Waals surface area contributed by atoms with Crippen molar-refractivity contribution in [2.45, 2.75) is 6.18 Å². The van der Waals surface area contributed by atoms with Gasteiger partial charge in [0.2, 0.25) is 5.95 Å². The van der Waals surface area contributed by atoms with Gasteiger partial charge in [-0.15, -0.1) is 0 Å². The molecule has 1 aliphatic heterocycles. The van der Waals surface area contributed by atoms with Gasteiger partial charge in [0.05, 0.1) is 11.1 Å². The number of aromatic amines is 1. The van der Waals surface area contributed by atoms with E-state index in [9.17, 15) is 18.0 Å². The van der Waals surface area contributed by atoms with Crippen LogP contribution in [0.15, 0.2) is 36.5 Å². The van der Waals surface area contributed by atoms with Gasteiger partial charge in [0.1, 0.15) is 11.2 Å². The summed E-state index contributed by atoms with van der Waals surface area (Å²) in [5, 5.41) is 0. The van der Waals surface area contributed by atoms with Gasteiger partial charge in [-0.3, -0.25) is 9.78 Å². The number of nitrogens with zero attached hydrogens (tertiary/aromatic N) is 4. The van der Waals surface area contributed by atoms with Crippen LogP contribution < -0.4 is 15.5 Å². The maximum Gasteiger partial charge on any atom is 0.433 e. The Morgan fingerprint density at radius 1 is 1.11 bits per heavy atom. The molecule has 0 spiro atoms. The average molecular weight is 390 g/mol. The summed E-state index contributed by atoms with van der Waals surface area (Å²) in [6.45, 7) is 2.19. The van der Waals surface area contributed by atoms with E-state index >= 15 is 0 Å². The monoisotopic (exact) mass is 390 g/mol. The standard InChI is InChI=1S/C18H17F3N6O/c19-18(20,21)14-10-11(4-5-23-14)26-6-8-27(9-7-26)17-24-13-3-1-2-12(16(22)28)15(13)25-17/h1-5,10H,6-9H2,(H2,22,28)(H,24,25). The molecule has 1 fully saturated rings. The van der Waals surface area contributed by atoms with Crippen molar-refractivity contribution < 1.29 is 18.0 Å². The average Bonchev–Trinajstić information content (AvgIpc) is 3.11. The molecule has 146 valence electrons. The van der Waals surface area contributed by atoms with Crippen LogP contribution in [-0.2, 0) is 6.18 Å². The molecule has 2 aromatic heterocycles. The number of aromatic nitrogens is 3. The highest BCUT2D eigenvalue weighted by molar-refractivity contribution is 6.04. The summed E-state index contributed by atoms with van der Waals surface area (Å²) in [5.41, 5.74) is 6.54. The third-order valence-electron chi connectivity index (χ3n) is 4.74. The Labute approximate surface area is 158 Å². The van der Waals surface area contributed by atoms with Crippen LogP contribution in [0.3, 0.4) is 0 Å². The van der Waals surface area contributed by atoms with E-state index in [4.69, 9.17) is 5.73 Å². The molecule has 0 unspecified atom stereocenters. The lowest BCUT2D eigenvalue weighted by molar-refractivity contribution is -0.141. The number of primary amides is 1. The summed E-state index contributed by atoms with van der Waals surface area (Å²) in [6.07, 6.45) is -3.29. The number of fused-ring (bicyclic) bond motifs is 1. The van der Waals surface area contributed by atoms with Crippen LogP contribution in [0, 0.1) is 0 Å². The first kappa shape index (κ1) is 18.1. The first-order chi connectivity index (χ1) is 13.3. The predicted molar refractivity (Wildman–Crippen MR) is 98.3 cm³/mol. The third kappa shape index (κ3) is 3.32. The van der Waals surface area contributed by atoms with Crippen LogP contribution in [0.5, 0.6) is 0 Å². The van der Waals surface area contributed by atoms with Gasteiger partial charge in [0.15, 0.2) is 0 Å². The highest BCUT2D eigenvalue weighted by Gasteiger charge is 2.33. The molecule has 28 heavy (non-hydrogen) atoms. The topological polar surface area (TPSA) is 91.1 Å². The molecule has 0 atom stereocenters. The fourth-order valence-electron chi connectivity index (χ4n) is 3.32. The zero-order valence-corrected chi connectivity index (χ0v) is 14.7. The Morgan fingerprint density at radius 3 is 2.50 bits per heavy atom. The Hall–Kier alpha value is -3.30. The minimum atomic E-state index is -4.47. The number of nitrogens with two attached hydrogens (primary N) is 1. The van der Waals surface area contributed by atoms with Crippen molar-refractivity contribution in [1.29, 1.82) is 0 Å². The Morgan fingerprint density at radius 2 is 1.82 bits per heavy atom. The zero-order chi connectivity index (χ0) is 19.9. The molecule has 7 nitrogen and oxygen atoms in total. The van der Waals surface area contributed by atoms with E-state index in [0.717, 1.165) is 6.07 Å². The number of anilines is 2. The number of imidazole rings is 1. The SMILES string of the molecule is NC(=O)c1cccc2[nH]c(N3CCN(c4ccnc(C(F)(F)F)c4)CC3)nc12. The summed E-state index contributed by atoms with van der Waals surface area (Å²) in [7, 11) is 0. The Balaban J connectivity index is 1.51. The van der Waals surface area contributed by atoms with Crippen molar-refractivity contribution in [2.24, 2.45) is 5.73 Å². The van der Waals surface area contributed by atoms with Gasteiger partial charge < -0.3 is 20.5 Å². The number of carbonyl (C=O) groups excluding carboxylic acids is 1. The fourth-order valence-corrected chi connectivity index (χ4v) is 3.32. The van der Waals surface area contributed by atoms with Crippen LogP contribution in [0.1, 0.15) is 16.1 Å². The molecular formula is C18H17F3N6O. The van der Waals surface area contributed by atoms with Gasteiger partial charge in [0.25, 0.3) is 5.91 Å². The number of alkyl halides is 3. The molecule has 4 rings (SSSR count). The van der Waals surface area contributed by atoms with Crippen molar-refractivity contribution >= 4 is 28.6 Å². The van der Waals surface area contributed by atoms with Crippen molar-refractivity contribution in [3.8, 4) is 0 Å². The highest BCUT2D eigenvalue weighted by atomic mass is 19.4. The normalized spacial score (nSPS) is 15.2. The predicted octanol–water partition coefficient (Wildman–Crippen LogP) is 2.40. The first-order valence-corrected chi connectivity index (χ1v) is 8.64. The lowest BCUT2D eigenvalue weighted by Crippen LogP contribution is -2.47. The van der Waals surface area contributed by atoms with Crippen LogP contribution >= 0.6 is 0 Å². The Bertz CT molecular complexity index is 1020. The molecule has 1 aromatic carbocycles. The number of carbonyl (C=O) groups is 1. The molecule has 0 saturated carbocycles. The molecule has 3 N–H and O–H groups in total. The fraction of sp³-hybridized carbons (Fsp3) is 0.278. The van der Waals surface area contributed by atoms with E-state index in [0.29, 0.717) is 54.4 Å². The van der Waals surface area contributed by atoms with Crippen molar-refractivity contribution in [1.82, 2.24) is 15.0 Å². The summed E-state index contributed by atoms with van der Waals surface area (Å²) in [4.78, 5) is 26.5. The number of rotatable bonds is 3. The number of H-pyrrole nitrogens is 1. The molecule has 0 aliphatic carbocycles. The molecular weight excluding hydrogens is 373 g/mol. The quantitative estimate of drug-likeness (QED) is 0.717. The van der Waals surface area contributed by atoms with Crippen molar-refractivity contribution in [3.63, 3.8) is 0 Å². The number of piperazine rings is 1. The van der Waals surface area contributed by atoms with E-state index < -0.39 is 17.8 Å². The van der Waals surface area contributed by atoms with E-state index in [1.165, 1.54) is 6.20 Å². The lowest BCUT2D eigenvalue weighted by Gasteiger charge is -2.36. The van der Waals surface area contributed by atoms with Crippen molar-refractivity contribution in [3.05, 3.63) is 47.8 Å². The summed E-state index contributed by atoms with van der Waals surface area (Å²) < 4.78 is 38.6. The number of nitrogens with one attached hydrogen (secondary N) is 1. The molecule has 3 aromatic rings. The van der Waals surface area contributed by atoms with E-state index in [1.54, 1.807) is 18.2 Å². The molecule has 0 bridgehead atoms. The minimum Gasteiger partial charge on any atom is -0.368 e. The summed E-state index contributed by atoms with van der Waals surface area (Å²) in [5.74, 6) is 0.0562. The van der Waals surface area contributed by atoms with Crippen LogP contribution in [0.4, 0.5) is 24.8 Å². The largest absolute Gasteiger partial charge is 0.433 e. The van der Waals surface area contributed by atoms with Crippen LogP contribution in [0.2, 0.25) is 0 Å². The number of pyridine rings is 1. The van der Waals surface area contributed by atoms with E-state index in [2.05, 4.69) is 15.0 Å². The Kier molecular flexibility index (Phi) is 4.33. The second-order valence-electron chi connectivity index (χ2n) is 6.50. The molecule has 1 amide bonds. The van der Waals surface area contributed by atoms with Gasteiger partial charge in [0, 0.05) is 38.1 Å². The van der Waals surface area contributed by atoms with Gasteiger partial charge in [-0.25, -0.2) is 4.98 Å². The molecule has 10 heteroatoms. The van der Waals surface area contributed by atoms with E-state index in [-0.39, 0.29) is 0 Å². The van der Waals surface area contributed by atoms with Crippen molar-refractivity contribution in [2.75, 3.05) is 36.0 Å². The molecule has 1 aliphatic rings. The van der Waals surface area contributed by atoms with Crippen LogP contribution in [0.25, 0.3) is 11.0 Å². The number of para-hydroxylation sites is 1. The molecule has 0 radical (unpaired) electrons. The summed E-state index contributed by atoms with van der Waals surface area (Å²) >= 11 is 0. The van der Waals surface area contributed by atoms with Gasteiger partial charge in [-0.1, -0.05) is 6.07 Å². The lowest BCUT2D eigenvalue weighted by atomic mass is 10.2. The van der Waals surface area contributed by atoms with Gasteiger partial charge in [-0.2, -0.15) is 13.2 Å². The van der Waals surface area contributed by atoms with Gasteiger partial charge >= 0.3 is 6.18 Å². The summed E-state index contributed by atoms with van der Waals surface area (Å²) in [6, 6.07) is 7.80. The second kappa shape index (κ2) is 6.70. The van der Waals surface area contributed by atoms with E-state index in [1.807, 2.05) is 15.9 Å². The second-order valence-corrected chi connectivity index (χ2v) is 6.50. The minimum absolute atomic E-state index is 0.343. The number of hydrogen-bond acceptors (Lipinski definition) is 5. The number of hydrogen-bond donors (Lipinski definition) is 2. The van der Waals surface area contributed by atoms with Gasteiger partial charge in [-0.05, 0) is 24.3 Å². The maximum absolute atomic E-state index is 12.9. The maximum atomic E-state index is 12.9.